The number of benzene rings is 1. The largest absolute Gasteiger partial charge is 0.484 e. The summed E-state index contributed by atoms with van der Waals surface area (Å²) in [5.74, 6) is 0.606. The average molecular weight is 301 g/mol. The van der Waals surface area contributed by atoms with Crippen molar-refractivity contribution in [2.45, 2.75) is 27.2 Å². The summed E-state index contributed by atoms with van der Waals surface area (Å²) in [6.45, 7) is 6.65. The predicted octanol–water partition coefficient (Wildman–Crippen LogP) is 2.08. The van der Waals surface area contributed by atoms with Crippen LogP contribution in [0.1, 0.15) is 22.5 Å². The Morgan fingerprint density at radius 1 is 1.32 bits per heavy atom. The van der Waals surface area contributed by atoms with E-state index < -0.39 is 0 Å². The Labute approximate surface area is 131 Å². The minimum absolute atomic E-state index is 0.0362. The summed E-state index contributed by atoms with van der Waals surface area (Å²) in [5, 5.41) is 7.25. The monoisotopic (exact) mass is 301 g/mol. The van der Waals surface area contributed by atoms with Gasteiger partial charge in [0.05, 0.1) is 5.69 Å². The molecule has 5 heteroatoms. The quantitative estimate of drug-likeness (QED) is 0.889. The minimum atomic E-state index is -0.110. The standard InChI is InChI=1S/C17H23N3O2/c1-12-6-5-7-15(10-12)22-11-17(21)18-9-8-16-13(2)19-20(4)14(16)3/h5-7,10H,8-9,11H2,1-4H3,(H,18,21). The highest BCUT2D eigenvalue weighted by Crippen LogP contribution is 2.13. The fourth-order valence-corrected chi connectivity index (χ4v) is 2.41. The molecule has 2 rings (SSSR count). The van der Waals surface area contributed by atoms with Crippen molar-refractivity contribution in [1.29, 1.82) is 0 Å². The van der Waals surface area contributed by atoms with Gasteiger partial charge in [0.1, 0.15) is 5.75 Å². The Balaban J connectivity index is 1.76. The van der Waals surface area contributed by atoms with Crippen LogP contribution in [0.15, 0.2) is 24.3 Å². The number of ether oxygens (including phenoxy) is 1. The van der Waals surface area contributed by atoms with Gasteiger partial charge in [-0.2, -0.15) is 5.10 Å². The van der Waals surface area contributed by atoms with E-state index in [1.807, 2.05) is 56.8 Å². The molecule has 0 fully saturated rings. The van der Waals surface area contributed by atoms with Crippen LogP contribution >= 0.6 is 0 Å². The lowest BCUT2D eigenvalue weighted by Crippen LogP contribution is -2.30. The maximum absolute atomic E-state index is 11.8. The van der Waals surface area contributed by atoms with Crippen LogP contribution in [0, 0.1) is 20.8 Å². The molecule has 22 heavy (non-hydrogen) atoms. The van der Waals surface area contributed by atoms with Crippen molar-refractivity contribution in [1.82, 2.24) is 15.1 Å². The molecule has 1 aromatic heterocycles. The van der Waals surface area contributed by atoms with Crippen LogP contribution in [-0.2, 0) is 18.3 Å². The van der Waals surface area contributed by atoms with Gasteiger partial charge in [-0.15, -0.1) is 0 Å². The molecule has 2 aromatic rings. The normalized spacial score (nSPS) is 10.5. The van der Waals surface area contributed by atoms with E-state index in [0.29, 0.717) is 12.3 Å². The predicted molar refractivity (Wildman–Crippen MR) is 86.1 cm³/mol. The SMILES string of the molecule is Cc1cccc(OCC(=O)NCCc2c(C)nn(C)c2C)c1. The topological polar surface area (TPSA) is 56.1 Å². The summed E-state index contributed by atoms with van der Waals surface area (Å²) in [6, 6.07) is 7.67. The summed E-state index contributed by atoms with van der Waals surface area (Å²) in [7, 11) is 1.93. The molecule has 0 radical (unpaired) electrons. The Morgan fingerprint density at radius 2 is 2.09 bits per heavy atom. The second kappa shape index (κ2) is 7.11. The molecule has 5 nitrogen and oxygen atoms in total. The minimum Gasteiger partial charge on any atom is -0.484 e. The number of nitrogens with zero attached hydrogens (tertiary/aromatic N) is 2. The van der Waals surface area contributed by atoms with E-state index in [1.165, 1.54) is 5.56 Å². The first kappa shape index (κ1) is 16.1. The van der Waals surface area contributed by atoms with Crippen LogP contribution in [-0.4, -0.2) is 28.8 Å². The number of carbonyl (C=O) groups excluding carboxylic acids is 1. The van der Waals surface area contributed by atoms with Crippen LogP contribution in [0.2, 0.25) is 0 Å². The Bertz CT molecular complexity index is 662. The number of hydrogen-bond donors (Lipinski definition) is 1. The van der Waals surface area contributed by atoms with E-state index in [-0.39, 0.29) is 12.5 Å². The van der Waals surface area contributed by atoms with Crippen molar-refractivity contribution in [2.75, 3.05) is 13.2 Å². The third-order valence-corrected chi connectivity index (χ3v) is 3.72. The van der Waals surface area contributed by atoms with Gasteiger partial charge >= 0.3 is 0 Å². The van der Waals surface area contributed by atoms with Crippen molar-refractivity contribution in [3.63, 3.8) is 0 Å². The first-order valence-corrected chi connectivity index (χ1v) is 7.42. The van der Waals surface area contributed by atoms with Gasteiger partial charge in [-0.25, -0.2) is 0 Å². The van der Waals surface area contributed by atoms with Gasteiger partial charge < -0.3 is 10.1 Å². The molecule has 0 atom stereocenters. The molecule has 0 unspecified atom stereocenters. The molecule has 0 aliphatic rings. The molecule has 0 bridgehead atoms. The van der Waals surface area contributed by atoms with Gasteiger partial charge in [0, 0.05) is 19.3 Å². The summed E-state index contributed by atoms with van der Waals surface area (Å²) in [4.78, 5) is 11.8. The van der Waals surface area contributed by atoms with Gasteiger partial charge in [0.25, 0.3) is 5.91 Å². The maximum Gasteiger partial charge on any atom is 0.257 e. The van der Waals surface area contributed by atoms with E-state index in [2.05, 4.69) is 10.4 Å². The highest BCUT2D eigenvalue weighted by atomic mass is 16.5. The molecule has 0 aliphatic carbocycles. The van der Waals surface area contributed by atoms with Crippen LogP contribution in [0.5, 0.6) is 5.75 Å². The highest BCUT2D eigenvalue weighted by Gasteiger charge is 2.09. The zero-order valence-corrected chi connectivity index (χ0v) is 13.6. The van der Waals surface area contributed by atoms with Gasteiger partial charge in [0.15, 0.2) is 6.61 Å². The smallest absolute Gasteiger partial charge is 0.257 e. The third kappa shape index (κ3) is 4.10. The Hall–Kier alpha value is -2.30. The first-order chi connectivity index (χ1) is 10.5. The lowest BCUT2D eigenvalue weighted by atomic mass is 10.1. The van der Waals surface area contributed by atoms with Gasteiger partial charge in [-0.3, -0.25) is 9.48 Å². The molecule has 0 spiro atoms. The number of amides is 1. The molecule has 1 aromatic carbocycles. The van der Waals surface area contributed by atoms with E-state index in [9.17, 15) is 4.79 Å². The summed E-state index contributed by atoms with van der Waals surface area (Å²) in [5.41, 5.74) is 4.47. The van der Waals surface area contributed by atoms with Gasteiger partial charge in [-0.1, -0.05) is 12.1 Å². The lowest BCUT2D eigenvalue weighted by Gasteiger charge is -2.08. The average Bonchev–Trinajstić information content (AvgIpc) is 2.71. The van der Waals surface area contributed by atoms with Crippen molar-refractivity contribution < 1.29 is 9.53 Å². The summed E-state index contributed by atoms with van der Waals surface area (Å²) in [6.07, 6.45) is 0.779. The van der Waals surface area contributed by atoms with Crippen molar-refractivity contribution in [3.8, 4) is 5.75 Å². The fraction of sp³-hybridized carbons (Fsp3) is 0.412. The highest BCUT2D eigenvalue weighted by molar-refractivity contribution is 5.77. The maximum atomic E-state index is 11.8. The van der Waals surface area contributed by atoms with Crippen LogP contribution in [0.25, 0.3) is 0 Å². The fourth-order valence-electron chi connectivity index (χ4n) is 2.41. The van der Waals surface area contributed by atoms with Crippen LogP contribution in [0.4, 0.5) is 0 Å². The van der Waals surface area contributed by atoms with Crippen LogP contribution in [0.3, 0.4) is 0 Å². The Kier molecular flexibility index (Phi) is 5.20. The molecular formula is C17H23N3O2. The van der Waals surface area contributed by atoms with Crippen LogP contribution < -0.4 is 10.1 Å². The molecule has 1 N–H and O–H groups in total. The number of hydrogen-bond acceptors (Lipinski definition) is 3. The second-order valence-corrected chi connectivity index (χ2v) is 5.48. The Morgan fingerprint density at radius 3 is 2.73 bits per heavy atom. The molecule has 0 aliphatic heterocycles. The van der Waals surface area contributed by atoms with Crippen molar-refractivity contribution >= 4 is 5.91 Å². The zero-order valence-electron chi connectivity index (χ0n) is 13.6. The third-order valence-electron chi connectivity index (χ3n) is 3.72. The second-order valence-electron chi connectivity index (χ2n) is 5.48. The number of carbonyl (C=O) groups is 1. The van der Waals surface area contributed by atoms with Gasteiger partial charge in [-0.05, 0) is 50.5 Å². The van der Waals surface area contributed by atoms with Gasteiger partial charge in [0.2, 0.25) is 0 Å². The molecule has 118 valence electrons. The van der Waals surface area contributed by atoms with Crippen molar-refractivity contribution in [2.24, 2.45) is 7.05 Å². The molecular weight excluding hydrogens is 278 g/mol. The number of rotatable bonds is 6. The van der Waals surface area contributed by atoms with E-state index in [1.54, 1.807) is 0 Å². The van der Waals surface area contributed by atoms with Crippen molar-refractivity contribution in [3.05, 3.63) is 46.8 Å². The molecule has 1 amide bonds. The molecule has 0 saturated carbocycles. The summed E-state index contributed by atoms with van der Waals surface area (Å²) < 4.78 is 7.34. The number of nitrogens with one attached hydrogen (secondary N) is 1. The molecule has 0 saturated heterocycles. The number of aryl methyl sites for hydroxylation is 3. The first-order valence-electron chi connectivity index (χ1n) is 7.42. The van der Waals surface area contributed by atoms with E-state index >= 15 is 0 Å². The zero-order chi connectivity index (χ0) is 16.1. The summed E-state index contributed by atoms with van der Waals surface area (Å²) >= 11 is 0. The van der Waals surface area contributed by atoms with E-state index in [0.717, 1.165) is 23.4 Å². The van der Waals surface area contributed by atoms with E-state index in [4.69, 9.17) is 4.74 Å². The molecule has 1 heterocycles. The number of aromatic nitrogens is 2. The lowest BCUT2D eigenvalue weighted by molar-refractivity contribution is -0.123.